The maximum absolute atomic E-state index is 12.7. The first-order chi connectivity index (χ1) is 12.3. The quantitative estimate of drug-likeness (QED) is 0.287. The molecule has 3 rings (SSSR count). The highest BCUT2D eigenvalue weighted by Gasteiger charge is 2.24. The van der Waals surface area contributed by atoms with Gasteiger partial charge in [-0.05, 0) is 12.1 Å². The number of fused-ring (bicyclic) bond motifs is 1. The van der Waals surface area contributed by atoms with Crippen LogP contribution in [0, 0.1) is 10.1 Å². The molecule has 0 aliphatic carbocycles. The molecule has 134 valence electrons. The second-order valence-corrected chi connectivity index (χ2v) is 7.14. The molecular formula is C15H14N6O4S. The summed E-state index contributed by atoms with van der Waals surface area (Å²) < 4.78 is 30.4. The van der Waals surface area contributed by atoms with Crippen LogP contribution in [0.5, 0.6) is 0 Å². The van der Waals surface area contributed by atoms with Crippen molar-refractivity contribution in [2.24, 2.45) is 4.40 Å². The zero-order valence-electron chi connectivity index (χ0n) is 13.8. The average molecular weight is 374 g/mol. The van der Waals surface area contributed by atoms with E-state index < -0.39 is 14.9 Å². The fraction of sp³-hybridized carbons (Fsp3) is 0.133. The Kier molecular flexibility index (Phi) is 4.38. The summed E-state index contributed by atoms with van der Waals surface area (Å²) in [7, 11) is -0.951. The van der Waals surface area contributed by atoms with Gasteiger partial charge in [0.25, 0.3) is 15.7 Å². The van der Waals surface area contributed by atoms with Gasteiger partial charge >= 0.3 is 0 Å². The zero-order chi connectivity index (χ0) is 18.9. The molecule has 0 fully saturated rings. The predicted octanol–water partition coefficient (Wildman–Crippen LogP) is 1.58. The standard InChI is InChI=1S/C15H14N6O4S/c1-19(2)10-18-26(24,25)14-8-11(21(22)23)4-5-12(14)13-9-17-20-7-3-6-16-15(13)20/h3-10H,1-2H3. The second-order valence-electron chi connectivity index (χ2n) is 5.54. The van der Waals surface area contributed by atoms with Gasteiger partial charge in [-0.15, -0.1) is 4.40 Å². The van der Waals surface area contributed by atoms with Gasteiger partial charge in [-0.25, -0.2) is 9.50 Å². The van der Waals surface area contributed by atoms with Crippen LogP contribution in [0.4, 0.5) is 5.69 Å². The van der Waals surface area contributed by atoms with E-state index in [1.807, 2.05) is 0 Å². The Hall–Kier alpha value is -3.34. The van der Waals surface area contributed by atoms with E-state index in [0.29, 0.717) is 11.2 Å². The Labute approximate surface area is 148 Å². The van der Waals surface area contributed by atoms with E-state index in [1.54, 1.807) is 32.6 Å². The Morgan fingerprint density at radius 1 is 1.31 bits per heavy atom. The van der Waals surface area contributed by atoms with Crippen molar-refractivity contribution in [3.05, 3.63) is 53.0 Å². The van der Waals surface area contributed by atoms with Gasteiger partial charge in [0.2, 0.25) is 0 Å². The normalized spacial score (nSPS) is 11.9. The highest BCUT2D eigenvalue weighted by Crippen LogP contribution is 2.33. The van der Waals surface area contributed by atoms with Crippen molar-refractivity contribution in [2.45, 2.75) is 4.90 Å². The van der Waals surface area contributed by atoms with E-state index >= 15 is 0 Å². The van der Waals surface area contributed by atoms with Gasteiger partial charge in [0.05, 0.1) is 11.1 Å². The van der Waals surface area contributed by atoms with Crippen molar-refractivity contribution in [1.82, 2.24) is 19.5 Å². The van der Waals surface area contributed by atoms with Crippen LogP contribution in [0.15, 0.2) is 52.1 Å². The molecule has 0 spiro atoms. The van der Waals surface area contributed by atoms with Crippen molar-refractivity contribution in [2.75, 3.05) is 14.1 Å². The third-order valence-electron chi connectivity index (χ3n) is 3.44. The number of nitro benzene ring substituents is 1. The molecule has 0 radical (unpaired) electrons. The molecule has 11 heteroatoms. The van der Waals surface area contributed by atoms with Gasteiger partial charge in [-0.1, -0.05) is 0 Å². The highest BCUT2D eigenvalue weighted by atomic mass is 32.2. The van der Waals surface area contributed by atoms with Crippen LogP contribution in [-0.4, -0.2) is 53.3 Å². The number of benzene rings is 1. The summed E-state index contributed by atoms with van der Waals surface area (Å²) in [6, 6.07) is 5.26. The molecule has 0 atom stereocenters. The molecule has 10 nitrogen and oxygen atoms in total. The minimum atomic E-state index is -4.18. The first kappa shape index (κ1) is 17.5. The average Bonchev–Trinajstić information content (AvgIpc) is 3.03. The molecule has 3 aromatic rings. The van der Waals surface area contributed by atoms with Gasteiger partial charge in [0, 0.05) is 49.7 Å². The SMILES string of the molecule is CN(C)C=NS(=O)(=O)c1cc([N+](=O)[O-])ccc1-c1cnn2cccnc12. The molecule has 0 aliphatic rings. The number of nitro groups is 1. The maximum Gasteiger partial charge on any atom is 0.284 e. The van der Waals surface area contributed by atoms with Crippen LogP contribution in [0.3, 0.4) is 0 Å². The van der Waals surface area contributed by atoms with Crippen molar-refractivity contribution in [3.8, 4) is 11.1 Å². The number of nitrogens with zero attached hydrogens (tertiary/aromatic N) is 6. The van der Waals surface area contributed by atoms with E-state index in [0.717, 1.165) is 12.4 Å². The number of hydrogen-bond donors (Lipinski definition) is 0. The molecule has 26 heavy (non-hydrogen) atoms. The summed E-state index contributed by atoms with van der Waals surface area (Å²) in [5.74, 6) is 0. The zero-order valence-corrected chi connectivity index (χ0v) is 14.7. The summed E-state index contributed by atoms with van der Waals surface area (Å²) in [6.07, 6.45) is 5.78. The molecule has 2 heterocycles. The molecular weight excluding hydrogens is 360 g/mol. The molecule has 0 N–H and O–H groups in total. The maximum atomic E-state index is 12.7. The van der Waals surface area contributed by atoms with Crippen molar-refractivity contribution < 1.29 is 13.3 Å². The van der Waals surface area contributed by atoms with Crippen molar-refractivity contribution in [3.63, 3.8) is 0 Å². The monoisotopic (exact) mass is 374 g/mol. The van der Waals surface area contributed by atoms with E-state index in [2.05, 4.69) is 14.5 Å². The summed E-state index contributed by atoms with van der Waals surface area (Å²) in [5.41, 5.74) is 0.741. The lowest BCUT2D eigenvalue weighted by Crippen LogP contribution is -2.10. The molecule has 2 aromatic heterocycles. The first-order valence-corrected chi connectivity index (χ1v) is 8.77. The lowest BCUT2D eigenvalue weighted by Gasteiger charge is -2.08. The van der Waals surface area contributed by atoms with Gasteiger partial charge in [-0.2, -0.15) is 13.5 Å². The van der Waals surface area contributed by atoms with E-state index in [1.165, 1.54) is 27.7 Å². The van der Waals surface area contributed by atoms with Gasteiger partial charge in [-0.3, -0.25) is 10.1 Å². The first-order valence-electron chi connectivity index (χ1n) is 7.33. The van der Waals surface area contributed by atoms with Crippen molar-refractivity contribution >= 4 is 27.7 Å². The largest absolute Gasteiger partial charge is 0.368 e. The van der Waals surface area contributed by atoms with Crippen LogP contribution < -0.4 is 0 Å². The summed E-state index contributed by atoms with van der Waals surface area (Å²) >= 11 is 0. The molecule has 0 aliphatic heterocycles. The van der Waals surface area contributed by atoms with Crippen molar-refractivity contribution in [1.29, 1.82) is 0 Å². The Balaban J connectivity index is 2.28. The van der Waals surface area contributed by atoms with Crippen LogP contribution in [0.1, 0.15) is 0 Å². The minimum absolute atomic E-state index is 0.236. The fourth-order valence-corrected chi connectivity index (χ4v) is 3.44. The number of sulfonamides is 1. The van der Waals surface area contributed by atoms with E-state index in [4.69, 9.17) is 0 Å². The number of rotatable bonds is 5. The second kappa shape index (κ2) is 6.52. The minimum Gasteiger partial charge on any atom is -0.368 e. The van der Waals surface area contributed by atoms with Crippen LogP contribution in [-0.2, 0) is 10.0 Å². The van der Waals surface area contributed by atoms with Gasteiger partial charge in [0.1, 0.15) is 11.2 Å². The van der Waals surface area contributed by atoms with Crippen LogP contribution in [0.2, 0.25) is 0 Å². The lowest BCUT2D eigenvalue weighted by molar-refractivity contribution is -0.385. The van der Waals surface area contributed by atoms with Gasteiger partial charge in [0.15, 0.2) is 5.65 Å². The van der Waals surface area contributed by atoms with E-state index in [9.17, 15) is 18.5 Å². The molecule has 0 saturated carbocycles. The lowest BCUT2D eigenvalue weighted by atomic mass is 10.1. The predicted molar refractivity (Wildman–Crippen MR) is 94.4 cm³/mol. The highest BCUT2D eigenvalue weighted by molar-refractivity contribution is 7.90. The molecule has 1 aromatic carbocycles. The Morgan fingerprint density at radius 3 is 2.77 bits per heavy atom. The fourth-order valence-electron chi connectivity index (χ4n) is 2.29. The Bertz CT molecular complexity index is 1120. The van der Waals surface area contributed by atoms with Gasteiger partial charge < -0.3 is 4.90 Å². The summed E-state index contributed by atoms with van der Waals surface area (Å²) in [5, 5.41) is 15.2. The topological polar surface area (TPSA) is 123 Å². The third kappa shape index (κ3) is 3.24. The van der Waals surface area contributed by atoms with E-state index in [-0.39, 0.29) is 16.1 Å². The smallest absolute Gasteiger partial charge is 0.284 e. The molecule has 0 amide bonds. The van der Waals surface area contributed by atoms with Crippen LogP contribution in [0.25, 0.3) is 16.8 Å². The number of aromatic nitrogens is 3. The van der Waals surface area contributed by atoms with Crippen LogP contribution >= 0.6 is 0 Å². The summed E-state index contributed by atoms with van der Waals surface area (Å²) in [4.78, 5) is 15.8. The Morgan fingerprint density at radius 2 is 2.08 bits per heavy atom. The summed E-state index contributed by atoms with van der Waals surface area (Å²) in [6.45, 7) is 0. The molecule has 0 saturated heterocycles. The number of hydrogen-bond acceptors (Lipinski definition) is 6. The molecule has 0 unspecified atom stereocenters. The number of non-ortho nitro benzene ring substituents is 1. The third-order valence-corrected chi connectivity index (χ3v) is 4.71. The molecule has 0 bridgehead atoms.